The van der Waals surface area contributed by atoms with Gasteiger partial charge in [-0.15, -0.1) is 0 Å². The van der Waals surface area contributed by atoms with Gasteiger partial charge in [0, 0.05) is 17.7 Å². The molecule has 0 spiro atoms. The molecule has 4 aromatic rings. The summed E-state index contributed by atoms with van der Waals surface area (Å²) in [5.41, 5.74) is 1.84. The lowest BCUT2D eigenvalue weighted by atomic mass is 9.92. The van der Waals surface area contributed by atoms with Crippen LogP contribution in [0.25, 0.3) is 10.8 Å². The minimum atomic E-state index is -0.556. The number of pyridine rings is 1. The van der Waals surface area contributed by atoms with E-state index in [1.54, 1.807) is 6.07 Å². The normalized spacial score (nSPS) is 11.9. The number of phenolic OH excluding ortho intramolecular Hbond substituents is 1. The summed E-state index contributed by atoms with van der Waals surface area (Å²) in [6.45, 7) is 0. The van der Waals surface area contributed by atoms with Crippen LogP contribution in [0.15, 0.2) is 91.3 Å². The highest BCUT2D eigenvalue weighted by molar-refractivity contribution is 5.95. The number of rotatable bonds is 4. The molecule has 0 fully saturated rings. The van der Waals surface area contributed by atoms with Crippen molar-refractivity contribution in [1.82, 2.24) is 5.32 Å². The Kier molecular flexibility index (Phi) is 4.64. The quantitative estimate of drug-likeness (QED) is 0.425. The molecule has 0 unspecified atom stereocenters. The molecule has 1 atom stereocenters. The Hall–Kier alpha value is -3.86. The van der Waals surface area contributed by atoms with Gasteiger partial charge in [0.1, 0.15) is 5.75 Å². The summed E-state index contributed by atoms with van der Waals surface area (Å²) in [5.74, 6) is -0.222. The first-order chi connectivity index (χ1) is 13.6. The van der Waals surface area contributed by atoms with Crippen LogP contribution in [-0.4, -0.2) is 11.0 Å². The largest absolute Gasteiger partial charge is 0.619 e. The van der Waals surface area contributed by atoms with E-state index in [0.29, 0.717) is 15.9 Å². The maximum Gasteiger partial charge on any atom is 0.252 e. The van der Waals surface area contributed by atoms with Gasteiger partial charge < -0.3 is 15.6 Å². The van der Waals surface area contributed by atoms with Gasteiger partial charge in [-0.05, 0) is 22.4 Å². The SMILES string of the molecule is O=C(N[C@H](c1ccccc1)c1c(O)ccc2ccccc12)c1cc[n+]([O-])cc1. The van der Waals surface area contributed by atoms with E-state index >= 15 is 0 Å². The summed E-state index contributed by atoms with van der Waals surface area (Å²) in [6, 6.07) is 23.1. The molecule has 0 bridgehead atoms. The van der Waals surface area contributed by atoms with Gasteiger partial charge in [-0.3, -0.25) is 4.79 Å². The molecule has 28 heavy (non-hydrogen) atoms. The van der Waals surface area contributed by atoms with Crippen LogP contribution in [0.4, 0.5) is 0 Å². The van der Waals surface area contributed by atoms with Crippen LogP contribution >= 0.6 is 0 Å². The van der Waals surface area contributed by atoms with Gasteiger partial charge in [0.2, 0.25) is 0 Å². The summed E-state index contributed by atoms with van der Waals surface area (Å²) >= 11 is 0. The predicted octanol–water partition coefficient (Wildman–Crippen LogP) is 3.70. The van der Waals surface area contributed by atoms with Crippen molar-refractivity contribution in [2.75, 3.05) is 0 Å². The molecule has 5 heteroatoms. The van der Waals surface area contributed by atoms with Crippen molar-refractivity contribution in [2.45, 2.75) is 6.04 Å². The Morgan fingerprint density at radius 2 is 1.57 bits per heavy atom. The predicted molar refractivity (Wildman–Crippen MR) is 107 cm³/mol. The number of carbonyl (C=O) groups is 1. The molecule has 1 heterocycles. The number of aromatic nitrogens is 1. The number of fused-ring (bicyclic) bond motifs is 1. The van der Waals surface area contributed by atoms with Crippen LogP contribution in [0.5, 0.6) is 5.75 Å². The topological polar surface area (TPSA) is 76.3 Å². The maximum absolute atomic E-state index is 12.9. The fourth-order valence-corrected chi connectivity index (χ4v) is 3.33. The molecule has 0 aliphatic carbocycles. The van der Waals surface area contributed by atoms with Crippen LogP contribution in [0.1, 0.15) is 27.5 Å². The van der Waals surface area contributed by atoms with Crippen molar-refractivity contribution in [3.63, 3.8) is 0 Å². The molecular formula is C23H18N2O3. The van der Waals surface area contributed by atoms with Gasteiger partial charge in [-0.1, -0.05) is 60.7 Å². The molecule has 0 saturated carbocycles. The van der Waals surface area contributed by atoms with Crippen LogP contribution in [0.2, 0.25) is 0 Å². The van der Waals surface area contributed by atoms with Gasteiger partial charge in [0.25, 0.3) is 5.91 Å². The molecule has 1 amide bonds. The second-order valence-electron chi connectivity index (χ2n) is 6.48. The number of phenols is 1. The number of nitrogens with zero attached hydrogens (tertiary/aromatic N) is 1. The molecular weight excluding hydrogens is 352 g/mol. The molecule has 138 valence electrons. The Morgan fingerprint density at radius 1 is 0.893 bits per heavy atom. The molecule has 0 radical (unpaired) electrons. The second kappa shape index (κ2) is 7.40. The summed E-state index contributed by atoms with van der Waals surface area (Å²) in [6.07, 6.45) is 2.56. The number of nitrogens with one attached hydrogen (secondary N) is 1. The fraction of sp³-hybridized carbons (Fsp3) is 0.0435. The van der Waals surface area contributed by atoms with E-state index < -0.39 is 6.04 Å². The number of aromatic hydroxyl groups is 1. The zero-order valence-electron chi connectivity index (χ0n) is 14.9. The van der Waals surface area contributed by atoms with Crippen molar-refractivity contribution >= 4 is 16.7 Å². The first-order valence-electron chi connectivity index (χ1n) is 8.89. The highest BCUT2D eigenvalue weighted by atomic mass is 16.5. The van der Waals surface area contributed by atoms with Crippen LogP contribution in [0.3, 0.4) is 0 Å². The molecule has 2 N–H and O–H groups in total. The highest BCUT2D eigenvalue weighted by Gasteiger charge is 2.23. The van der Waals surface area contributed by atoms with Crippen molar-refractivity contribution < 1.29 is 14.6 Å². The third-order valence-electron chi connectivity index (χ3n) is 4.71. The van der Waals surface area contributed by atoms with E-state index in [-0.39, 0.29) is 11.7 Å². The van der Waals surface area contributed by atoms with E-state index in [1.807, 2.05) is 60.7 Å². The summed E-state index contributed by atoms with van der Waals surface area (Å²) in [5, 5.41) is 26.8. The molecule has 4 rings (SSSR count). The zero-order valence-corrected chi connectivity index (χ0v) is 14.9. The average Bonchev–Trinajstić information content (AvgIpc) is 2.73. The molecule has 0 saturated heterocycles. The molecule has 0 aliphatic rings. The second-order valence-corrected chi connectivity index (χ2v) is 6.48. The number of hydrogen-bond acceptors (Lipinski definition) is 3. The standard InChI is InChI=1S/C23H18N2O3/c26-20-11-10-16-6-4-5-9-19(16)21(20)22(17-7-2-1-3-8-17)24-23(27)18-12-14-25(28)15-13-18/h1-15,22,26H,(H,24,27)/t22-/m1/s1. The van der Waals surface area contributed by atoms with E-state index in [9.17, 15) is 15.1 Å². The third-order valence-corrected chi connectivity index (χ3v) is 4.71. The van der Waals surface area contributed by atoms with Crippen molar-refractivity contribution in [1.29, 1.82) is 0 Å². The van der Waals surface area contributed by atoms with Gasteiger partial charge in [-0.2, -0.15) is 4.73 Å². The van der Waals surface area contributed by atoms with Crippen molar-refractivity contribution in [3.05, 3.63) is 113 Å². The smallest absolute Gasteiger partial charge is 0.252 e. The minimum Gasteiger partial charge on any atom is -0.619 e. The third kappa shape index (κ3) is 3.38. The lowest BCUT2D eigenvalue weighted by Gasteiger charge is -2.22. The van der Waals surface area contributed by atoms with Crippen molar-refractivity contribution in [2.24, 2.45) is 0 Å². The van der Waals surface area contributed by atoms with Gasteiger partial charge in [0.15, 0.2) is 12.4 Å². The van der Waals surface area contributed by atoms with Gasteiger partial charge in [0.05, 0.1) is 11.6 Å². The first-order valence-corrected chi connectivity index (χ1v) is 8.89. The number of amides is 1. The Balaban J connectivity index is 1.83. The number of hydrogen-bond donors (Lipinski definition) is 2. The van der Waals surface area contributed by atoms with Crippen LogP contribution < -0.4 is 10.0 Å². The highest BCUT2D eigenvalue weighted by Crippen LogP contribution is 2.35. The average molecular weight is 370 g/mol. The maximum atomic E-state index is 12.9. The van der Waals surface area contributed by atoms with Gasteiger partial charge in [-0.25, -0.2) is 0 Å². The minimum absolute atomic E-state index is 0.110. The number of benzene rings is 3. The summed E-state index contributed by atoms with van der Waals surface area (Å²) in [4.78, 5) is 12.9. The van der Waals surface area contributed by atoms with Gasteiger partial charge >= 0.3 is 0 Å². The van der Waals surface area contributed by atoms with Crippen LogP contribution in [-0.2, 0) is 0 Å². The zero-order chi connectivity index (χ0) is 19.5. The monoisotopic (exact) mass is 370 g/mol. The Morgan fingerprint density at radius 3 is 2.32 bits per heavy atom. The molecule has 0 aliphatic heterocycles. The summed E-state index contributed by atoms with van der Waals surface area (Å²) in [7, 11) is 0. The Bertz CT molecular complexity index is 1130. The van der Waals surface area contributed by atoms with E-state index in [4.69, 9.17) is 0 Å². The molecule has 3 aromatic carbocycles. The fourth-order valence-electron chi connectivity index (χ4n) is 3.33. The molecule has 5 nitrogen and oxygen atoms in total. The summed E-state index contributed by atoms with van der Waals surface area (Å²) < 4.78 is 0.627. The number of carbonyl (C=O) groups excluding carboxylic acids is 1. The Labute approximate surface area is 162 Å². The van der Waals surface area contributed by atoms with E-state index in [2.05, 4.69) is 5.32 Å². The van der Waals surface area contributed by atoms with E-state index in [1.165, 1.54) is 24.5 Å². The van der Waals surface area contributed by atoms with Crippen LogP contribution in [0, 0.1) is 5.21 Å². The van der Waals surface area contributed by atoms with E-state index in [0.717, 1.165) is 16.3 Å². The van der Waals surface area contributed by atoms with Crippen molar-refractivity contribution in [3.8, 4) is 5.75 Å². The first kappa shape index (κ1) is 17.5. The lowest BCUT2D eigenvalue weighted by molar-refractivity contribution is -0.605. The molecule has 1 aromatic heterocycles. The lowest BCUT2D eigenvalue weighted by Crippen LogP contribution is -2.31.